The minimum atomic E-state index is -2.67. The summed E-state index contributed by atoms with van der Waals surface area (Å²) in [5.74, 6) is 0. The molecule has 0 aromatic heterocycles. The van der Waals surface area contributed by atoms with E-state index in [1.807, 2.05) is 13.1 Å². The maximum Gasteiger partial charge on any atom is 0.468 e. The Bertz CT molecular complexity index is 254. The van der Waals surface area contributed by atoms with Gasteiger partial charge in [-0.05, 0) is 52.4 Å². The first-order valence-electron chi connectivity index (χ1n) is 7.79. The van der Waals surface area contributed by atoms with Gasteiger partial charge in [-0.15, -0.1) is 0 Å². The molecule has 0 aromatic carbocycles. The molecule has 0 rings (SSSR count). The van der Waals surface area contributed by atoms with Crippen LogP contribution >= 0.6 is 0 Å². The van der Waals surface area contributed by atoms with Crippen molar-refractivity contribution in [3.05, 3.63) is 0 Å². The highest BCUT2D eigenvalue weighted by Crippen LogP contribution is 2.22. The van der Waals surface area contributed by atoms with Gasteiger partial charge in [0, 0.05) is 13.1 Å². The van der Waals surface area contributed by atoms with Crippen LogP contribution < -0.4 is 0 Å². The molecule has 0 saturated carbocycles. The van der Waals surface area contributed by atoms with Crippen molar-refractivity contribution in [2.45, 2.75) is 65.5 Å². The van der Waals surface area contributed by atoms with Crippen molar-refractivity contribution in [2.75, 3.05) is 0 Å². The maximum atomic E-state index is 6.40. The van der Waals surface area contributed by atoms with Gasteiger partial charge < -0.3 is 20.6 Å². The Balaban J connectivity index is 5.18. The summed E-state index contributed by atoms with van der Waals surface area (Å²) in [4.78, 5) is 0. The van der Waals surface area contributed by atoms with Crippen LogP contribution in [0.5, 0.6) is 0 Å². The fraction of sp³-hybridized carbons (Fsp3) is 1.00. The van der Waals surface area contributed by atoms with Crippen LogP contribution in [0.15, 0.2) is 0 Å². The van der Waals surface area contributed by atoms with E-state index in [9.17, 15) is 0 Å². The predicted molar refractivity (Wildman–Crippen MR) is 104 cm³/mol. The van der Waals surface area contributed by atoms with Crippen molar-refractivity contribution in [3.63, 3.8) is 0 Å². The van der Waals surface area contributed by atoms with E-state index in [1.165, 1.54) is 0 Å². The third-order valence-corrected chi connectivity index (χ3v) is 19.5. The fourth-order valence-electron chi connectivity index (χ4n) is 2.20. The van der Waals surface area contributed by atoms with Crippen molar-refractivity contribution >= 4 is 53.8 Å². The van der Waals surface area contributed by atoms with E-state index >= 15 is 0 Å². The molecule has 0 fully saturated rings. The van der Waals surface area contributed by atoms with Gasteiger partial charge in [0.05, 0.1) is 0 Å². The third kappa shape index (κ3) is 10.5. The van der Waals surface area contributed by atoms with Crippen LogP contribution in [-0.2, 0) is 20.6 Å². The Hall–Kier alpha value is 1.10. The first-order chi connectivity index (χ1) is 9.37. The van der Waals surface area contributed by atoms with Gasteiger partial charge in [0.15, 0.2) is 36.2 Å². The highest BCUT2D eigenvalue weighted by Gasteiger charge is 2.48. The van der Waals surface area contributed by atoms with Gasteiger partial charge in [0.2, 0.25) is 0 Å². The zero-order valence-corrected chi connectivity index (χ0v) is 22.0. The minimum Gasteiger partial charge on any atom is -0.420 e. The van der Waals surface area contributed by atoms with Gasteiger partial charge in [0.1, 0.15) is 0 Å². The molecule has 0 radical (unpaired) electrons. The Morgan fingerprint density at radius 1 is 0.476 bits per heavy atom. The molecule has 0 aliphatic carbocycles. The molecule has 0 unspecified atom stereocenters. The van der Waals surface area contributed by atoms with Crippen molar-refractivity contribution < 1.29 is 20.6 Å². The Labute approximate surface area is 139 Å². The lowest BCUT2D eigenvalue weighted by atomic mass is 11.9. The summed E-state index contributed by atoms with van der Waals surface area (Å²) in [6.45, 7) is 21.2. The molecule has 5 nitrogen and oxygen atoms in total. The molecular formula is C10H34O5Si6. The topological polar surface area (TPSA) is 46.2 Å². The summed E-state index contributed by atoms with van der Waals surface area (Å²) >= 11 is 0. The van der Waals surface area contributed by atoms with E-state index < -0.39 is 53.8 Å². The van der Waals surface area contributed by atoms with Crippen LogP contribution in [0.1, 0.15) is 0 Å². The van der Waals surface area contributed by atoms with Crippen molar-refractivity contribution in [2.24, 2.45) is 0 Å². The molecule has 0 atom stereocenters. The lowest BCUT2D eigenvalue weighted by molar-refractivity contribution is 0.195. The van der Waals surface area contributed by atoms with Gasteiger partial charge in [-0.25, -0.2) is 0 Å². The normalized spacial score (nSPS) is 14.0. The van der Waals surface area contributed by atoms with Gasteiger partial charge in [-0.3, -0.25) is 0 Å². The second-order valence-electron chi connectivity index (χ2n) is 6.49. The van der Waals surface area contributed by atoms with E-state index in [1.54, 1.807) is 0 Å². The van der Waals surface area contributed by atoms with Gasteiger partial charge in [-0.1, -0.05) is 0 Å². The monoisotopic (exact) mass is 402 g/mol. The zero-order chi connectivity index (χ0) is 16.8. The van der Waals surface area contributed by atoms with E-state index in [0.717, 1.165) is 0 Å². The molecule has 0 spiro atoms. The standard InChI is InChI=1S/C10H34O5Si6/c1-16(2)11-20(9,12-17(3)4)15-21(10,13-18(5)6)14-19(7)8/h16-19H,1-10H3. The SMILES string of the molecule is C[SiH](C)O[Si](C)(O[SiH](C)C)O[Si](C)(O[SiH](C)C)O[SiH](C)C. The molecule has 21 heavy (non-hydrogen) atoms. The minimum absolute atomic E-state index is 1.25. The lowest BCUT2D eigenvalue weighted by Crippen LogP contribution is -2.60. The van der Waals surface area contributed by atoms with Crippen molar-refractivity contribution in [1.82, 2.24) is 0 Å². The maximum absolute atomic E-state index is 6.40. The molecule has 0 aliphatic rings. The van der Waals surface area contributed by atoms with Crippen LogP contribution in [0.2, 0.25) is 65.5 Å². The van der Waals surface area contributed by atoms with Crippen LogP contribution in [0.25, 0.3) is 0 Å². The van der Waals surface area contributed by atoms with Crippen LogP contribution in [0.3, 0.4) is 0 Å². The zero-order valence-electron chi connectivity index (χ0n) is 15.4. The van der Waals surface area contributed by atoms with Crippen LogP contribution in [-0.4, -0.2) is 53.8 Å². The molecule has 0 aliphatic heterocycles. The van der Waals surface area contributed by atoms with E-state index in [-0.39, 0.29) is 0 Å². The average molecular weight is 403 g/mol. The smallest absolute Gasteiger partial charge is 0.420 e. The number of hydrogen-bond acceptors (Lipinski definition) is 5. The summed E-state index contributed by atoms with van der Waals surface area (Å²) in [5, 5.41) is 0. The Morgan fingerprint density at radius 2 is 0.667 bits per heavy atom. The van der Waals surface area contributed by atoms with E-state index in [2.05, 4.69) is 52.4 Å². The van der Waals surface area contributed by atoms with Crippen molar-refractivity contribution in [3.8, 4) is 0 Å². The summed E-state index contributed by atoms with van der Waals surface area (Å²) in [5.41, 5.74) is 0. The Morgan fingerprint density at radius 3 is 0.810 bits per heavy atom. The Kier molecular flexibility index (Phi) is 9.90. The summed E-state index contributed by atoms with van der Waals surface area (Å²) < 4.78 is 31.1. The second-order valence-corrected chi connectivity index (χ2v) is 22.9. The van der Waals surface area contributed by atoms with Crippen LogP contribution in [0, 0.1) is 0 Å². The number of hydrogen-bond donors (Lipinski definition) is 0. The van der Waals surface area contributed by atoms with Gasteiger partial charge in [0.25, 0.3) is 0 Å². The summed E-state index contributed by atoms with van der Waals surface area (Å²) in [7, 11) is -10.3. The second kappa shape index (κ2) is 9.41. The van der Waals surface area contributed by atoms with Crippen LogP contribution in [0.4, 0.5) is 0 Å². The van der Waals surface area contributed by atoms with E-state index in [4.69, 9.17) is 20.6 Å². The first kappa shape index (κ1) is 22.1. The van der Waals surface area contributed by atoms with Gasteiger partial charge >= 0.3 is 17.6 Å². The lowest BCUT2D eigenvalue weighted by Gasteiger charge is -2.39. The molecule has 0 amide bonds. The predicted octanol–water partition coefficient (Wildman–Crippen LogP) is 2.14. The largest absolute Gasteiger partial charge is 0.468 e. The quantitative estimate of drug-likeness (QED) is 0.524. The summed E-state index contributed by atoms with van der Waals surface area (Å²) in [6, 6.07) is 0. The van der Waals surface area contributed by atoms with E-state index in [0.29, 0.717) is 0 Å². The molecule has 0 saturated heterocycles. The molecule has 128 valence electrons. The van der Waals surface area contributed by atoms with Gasteiger partial charge in [-0.2, -0.15) is 0 Å². The molecule has 0 heterocycles. The molecule has 0 aromatic rings. The highest BCUT2D eigenvalue weighted by molar-refractivity contribution is 6.84. The molecule has 0 bridgehead atoms. The summed E-state index contributed by atoms with van der Waals surface area (Å²) in [6.07, 6.45) is 0. The molecule has 11 heteroatoms. The van der Waals surface area contributed by atoms with Crippen molar-refractivity contribution in [1.29, 1.82) is 0 Å². The fourth-order valence-corrected chi connectivity index (χ4v) is 22.5. The molecule has 0 N–H and O–H groups in total. The first-order valence-corrected chi connectivity index (χ1v) is 23.4. The number of rotatable bonds is 10. The average Bonchev–Trinajstić information content (AvgIpc) is 2.07. The third-order valence-electron chi connectivity index (χ3n) is 2.17. The molecular weight excluding hydrogens is 369 g/mol. The highest BCUT2D eigenvalue weighted by atomic mass is 28.5.